The average Bonchev–Trinajstić information content (AvgIpc) is 1.85. The van der Waals surface area contributed by atoms with E-state index in [1.807, 2.05) is 6.08 Å². The molecule has 0 N–H and O–H groups in total. The summed E-state index contributed by atoms with van der Waals surface area (Å²) >= 11 is 0. The molecule has 1 heteroatoms. The second-order valence-electron chi connectivity index (χ2n) is 4.81. The minimum atomic E-state index is -0.128. The Morgan fingerprint density at radius 3 is 1.83 bits per heavy atom. The smallest absolute Gasteiger partial charge is 0.0728 e. The molecule has 12 heavy (non-hydrogen) atoms. The summed E-state index contributed by atoms with van der Waals surface area (Å²) in [6.07, 6.45) is 1.88. The van der Waals surface area contributed by atoms with Crippen LogP contribution in [-0.4, -0.2) is 11.3 Å². The summed E-state index contributed by atoms with van der Waals surface area (Å²) in [7, 11) is 0. The van der Waals surface area contributed by atoms with Crippen molar-refractivity contribution in [3.8, 4) is 0 Å². The second-order valence-corrected chi connectivity index (χ2v) is 4.81. The van der Waals surface area contributed by atoms with Crippen molar-refractivity contribution in [1.29, 1.82) is 0 Å². The predicted molar refractivity (Wildman–Crippen MR) is 56.8 cm³/mol. The van der Waals surface area contributed by atoms with E-state index in [4.69, 9.17) is 0 Å². The topological polar surface area (TPSA) is 12.4 Å². The number of hydrogen-bond donors (Lipinski definition) is 0. The van der Waals surface area contributed by atoms with E-state index in [-0.39, 0.29) is 11.0 Å². The molecule has 0 aromatic carbocycles. The van der Waals surface area contributed by atoms with Crippen LogP contribution in [0.4, 0.5) is 0 Å². The van der Waals surface area contributed by atoms with Crippen LogP contribution in [0.25, 0.3) is 0 Å². The molecule has 0 unspecified atom stereocenters. The fraction of sp³-hybridized carbons (Fsp3) is 0.727. The molecule has 0 fully saturated rings. The van der Waals surface area contributed by atoms with Crippen molar-refractivity contribution in [3.05, 3.63) is 12.7 Å². The van der Waals surface area contributed by atoms with Crippen molar-refractivity contribution in [3.63, 3.8) is 0 Å². The molecule has 0 rings (SSSR count). The van der Waals surface area contributed by atoms with Gasteiger partial charge >= 0.3 is 0 Å². The number of hydrogen-bond acceptors (Lipinski definition) is 1. The first-order chi connectivity index (χ1) is 5.19. The quantitative estimate of drug-likeness (QED) is 0.441. The Kier molecular flexibility index (Phi) is 3.25. The molecule has 0 saturated carbocycles. The van der Waals surface area contributed by atoms with E-state index >= 15 is 0 Å². The van der Waals surface area contributed by atoms with Gasteiger partial charge in [-0.2, -0.15) is 0 Å². The van der Waals surface area contributed by atoms with Crippen molar-refractivity contribution in [2.75, 3.05) is 0 Å². The molecule has 0 amide bonds. The van der Waals surface area contributed by atoms with Gasteiger partial charge in [-0.05, 0) is 26.2 Å². The van der Waals surface area contributed by atoms with Gasteiger partial charge in [-0.3, -0.25) is 4.99 Å². The van der Waals surface area contributed by atoms with Crippen molar-refractivity contribution >= 4 is 5.71 Å². The highest BCUT2D eigenvalue weighted by Gasteiger charge is 2.18. The first-order valence-electron chi connectivity index (χ1n) is 4.39. The first-order valence-corrected chi connectivity index (χ1v) is 4.39. The Labute approximate surface area is 76.6 Å². The maximum absolute atomic E-state index is 4.60. The molecule has 1 nitrogen and oxygen atoms in total. The summed E-state index contributed by atoms with van der Waals surface area (Å²) in [4.78, 5) is 4.60. The van der Waals surface area contributed by atoms with Crippen LogP contribution >= 0.6 is 0 Å². The fourth-order valence-corrected chi connectivity index (χ4v) is 0.646. The summed E-state index contributed by atoms with van der Waals surface area (Å²) in [6.45, 7) is 16.5. The standard InChI is InChI=1S/C11H21N/c1-8-11(6,7)12-9(2)10(3,4)5/h8H,1H2,2-7H3/b12-9+. The van der Waals surface area contributed by atoms with E-state index < -0.39 is 0 Å². The Bertz CT molecular complexity index is 192. The SMILES string of the molecule is C=CC(C)(C)/N=C(\C)C(C)(C)C. The Morgan fingerprint density at radius 1 is 1.17 bits per heavy atom. The molecule has 0 aromatic heterocycles. The fourth-order valence-electron chi connectivity index (χ4n) is 0.646. The van der Waals surface area contributed by atoms with Crippen LogP contribution in [0.1, 0.15) is 41.5 Å². The number of aliphatic imine (C=N–C) groups is 1. The third-order valence-corrected chi connectivity index (χ3v) is 2.04. The lowest BCUT2D eigenvalue weighted by atomic mass is 9.90. The molecule has 0 aliphatic carbocycles. The normalized spacial score (nSPS) is 14.7. The zero-order chi connectivity index (χ0) is 9.99. The van der Waals surface area contributed by atoms with Gasteiger partial charge in [-0.1, -0.05) is 26.8 Å². The molecule has 0 spiro atoms. The van der Waals surface area contributed by atoms with Crippen LogP contribution in [0.3, 0.4) is 0 Å². The summed E-state index contributed by atoms with van der Waals surface area (Å²) in [5, 5.41) is 0. The minimum Gasteiger partial charge on any atom is -0.284 e. The molecule has 0 aromatic rings. The van der Waals surface area contributed by atoms with Crippen LogP contribution < -0.4 is 0 Å². The van der Waals surface area contributed by atoms with Gasteiger partial charge in [-0.15, -0.1) is 6.58 Å². The molecule has 0 saturated heterocycles. The van der Waals surface area contributed by atoms with E-state index in [0.717, 1.165) is 0 Å². The number of nitrogens with zero attached hydrogens (tertiary/aromatic N) is 1. The van der Waals surface area contributed by atoms with E-state index in [1.54, 1.807) is 0 Å². The summed E-state index contributed by atoms with van der Waals surface area (Å²) in [5.74, 6) is 0. The van der Waals surface area contributed by atoms with Gasteiger partial charge in [0.25, 0.3) is 0 Å². The van der Waals surface area contributed by atoms with E-state index in [1.165, 1.54) is 5.71 Å². The average molecular weight is 167 g/mol. The summed E-state index contributed by atoms with van der Waals surface area (Å²) < 4.78 is 0. The molecule has 0 aliphatic heterocycles. The Hall–Kier alpha value is -0.590. The molecule has 0 radical (unpaired) electrons. The maximum atomic E-state index is 4.60. The van der Waals surface area contributed by atoms with Gasteiger partial charge in [0.1, 0.15) is 0 Å². The highest BCUT2D eigenvalue weighted by Crippen LogP contribution is 2.20. The minimum absolute atomic E-state index is 0.128. The van der Waals surface area contributed by atoms with Crippen LogP contribution in [0, 0.1) is 5.41 Å². The van der Waals surface area contributed by atoms with Gasteiger partial charge in [0.2, 0.25) is 0 Å². The lowest BCUT2D eigenvalue weighted by molar-refractivity contribution is 0.563. The highest BCUT2D eigenvalue weighted by atomic mass is 14.8. The summed E-state index contributed by atoms with van der Waals surface area (Å²) in [5.41, 5.74) is 1.21. The van der Waals surface area contributed by atoms with Crippen molar-refractivity contribution in [2.24, 2.45) is 10.4 Å². The van der Waals surface area contributed by atoms with E-state index in [0.29, 0.717) is 0 Å². The molecule has 70 valence electrons. The molecular formula is C11H21N. The second kappa shape index (κ2) is 3.42. The van der Waals surface area contributed by atoms with Crippen LogP contribution in [0.2, 0.25) is 0 Å². The van der Waals surface area contributed by atoms with Gasteiger partial charge < -0.3 is 0 Å². The zero-order valence-corrected chi connectivity index (χ0v) is 9.23. The van der Waals surface area contributed by atoms with Crippen LogP contribution in [0.15, 0.2) is 17.6 Å². The monoisotopic (exact) mass is 167 g/mol. The van der Waals surface area contributed by atoms with Gasteiger partial charge in [-0.25, -0.2) is 0 Å². The van der Waals surface area contributed by atoms with E-state index in [2.05, 4.69) is 53.1 Å². The summed E-state index contributed by atoms with van der Waals surface area (Å²) in [6, 6.07) is 0. The lowest BCUT2D eigenvalue weighted by Crippen LogP contribution is -2.23. The lowest BCUT2D eigenvalue weighted by Gasteiger charge is -2.23. The van der Waals surface area contributed by atoms with Crippen molar-refractivity contribution in [1.82, 2.24) is 0 Å². The maximum Gasteiger partial charge on any atom is 0.0728 e. The molecular weight excluding hydrogens is 146 g/mol. The largest absolute Gasteiger partial charge is 0.284 e. The Balaban J connectivity index is 4.68. The van der Waals surface area contributed by atoms with Crippen LogP contribution in [-0.2, 0) is 0 Å². The molecule has 0 aliphatic rings. The third kappa shape index (κ3) is 3.70. The van der Waals surface area contributed by atoms with Gasteiger partial charge in [0.05, 0.1) is 5.54 Å². The van der Waals surface area contributed by atoms with Gasteiger partial charge in [0, 0.05) is 5.71 Å². The number of rotatable bonds is 2. The Morgan fingerprint density at radius 2 is 1.58 bits per heavy atom. The molecule has 0 atom stereocenters. The molecule has 0 heterocycles. The van der Waals surface area contributed by atoms with Crippen molar-refractivity contribution in [2.45, 2.75) is 47.1 Å². The van der Waals surface area contributed by atoms with E-state index in [9.17, 15) is 0 Å². The first kappa shape index (κ1) is 11.4. The van der Waals surface area contributed by atoms with Crippen molar-refractivity contribution < 1.29 is 0 Å². The zero-order valence-electron chi connectivity index (χ0n) is 9.23. The third-order valence-electron chi connectivity index (χ3n) is 2.04. The van der Waals surface area contributed by atoms with Crippen LogP contribution in [0.5, 0.6) is 0 Å². The molecule has 0 bridgehead atoms. The highest BCUT2D eigenvalue weighted by molar-refractivity contribution is 5.87. The van der Waals surface area contributed by atoms with Gasteiger partial charge in [0.15, 0.2) is 0 Å². The predicted octanol–water partition coefficient (Wildman–Crippen LogP) is 3.46.